The molecule has 0 unspecified atom stereocenters. The van der Waals surface area contributed by atoms with E-state index in [0.29, 0.717) is 11.8 Å². The molecule has 0 fully saturated rings. The monoisotopic (exact) mass is 226 g/mol. The topological polar surface area (TPSA) is 9.23 Å². The molecule has 0 aromatic heterocycles. The molecule has 0 aliphatic carbocycles. The first kappa shape index (κ1) is 13.5. The van der Waals surface area contributed by atoms with E-state index >= 15 is 0 Å². The van der Waals surface area contributed by atoms with Crippen LogP contribution in [0, 0.1) is 5.41 Å². The summed E-state index contributed by atoms with van der Waals surface area (Å²) in [5.41, 5.74) is 0.125. The Labute approximate surface area is 91.7 Å². The smallest absolute Gasteiger partial charge is 0.0466 e. The van der Waals surface area contributed by atoms with Crippen molar-refractivity contribution in [1.29, 1.82) is 0 Å². The van der Waals surface area contributed by atoms with Gasteiger partial charge in [-0.25, -0.2) is 0 Å². The van der Waals surface area contributed by atoms with Gasteiger partial charge in [0, 0.05) is 25.0 Å². The molecule has 0 atom stereocenters. The normalized spacial score (nSPS) is 12.0. The molecule has 0 spiro atoms. The molecule has 0 aliphatic rings. The van der Waals surface area contributed by atoms with Crippen molar-refractivity contribution in [3.63, 3.8) is 0 Å². The van der Waals surface area contributed by atoms with Crippen LogP contribution in [-0.2, 0) is 4.74 Å². The van der Waals surface area contributed by atoms with Crippen molar-refractivity contribution in [3.05, 3.63) is 0 Å². The fourth-order valence-electron chi connectivity index (χ4n) is 1.23. The second-order valence-corrected chi connectivity index (χ2v) is 3.96. The zero-order chi connectivity index (χ0) is 10.2. The number of rotatable bonds is 8. The molecular formula is C10H20Cl2O. The lowest BCUT2D eigenvalue weighted by molar-refractivity contribution is 0.133. The second kappa shape index (κ2) is 7.90. The molecule has 1 nitrogen and oxygen atoms in total. The molecule has 0 heterocycles. The number of halogens is 2. The molecule has 0 saturated carbocycles. The second-order valence-electron chi connectivity index (χ2n) is 3.42. The number of hydrogen-bond donors (Lipinski definition) is 0. The third-order valence-electron chi connectivity index (χ3n) is 2.52. The number of hydrogen-bond acceptors (Lipinski definition) is 1. The fraction of sp³-hybridized carbons (Fsp3) is 1.00. The van der Waals surface area contributed by atoms with Crippen LogP contribution in [0.2, 0.25) is 0 Å². The minimum absolute atomic E-state index is 0.125. The average Bonchev–Trinajstić information content (AvgIpc) is 2.20. The lowest BCUT2D eigenvalue weighted by Gasteiger charge is -2.27. The van der Waals surface area contributed by atoms with E-state index < -0.39 is 0 Å². The molecule has 3 heteroatoms. The molecular weight excluding hydrogens is 207 g/mol. The zero-order valence-electron chi connectivity index (χ0n) is 8.61. The van der Waals surface area contributed by atoms with Gasteiger partial charge < -0.3 is 4.74 Å². The summed E-state index contributed by atoms with van der Waals surface area (Å²) in [6.07, 6.45) is 3.17. The van der Waals surface area contributed by atoms with Gasteiger partial charge in [-0.3, -0.25) is 0 Å². The van der Waals surface area contributed by atoms with Crippen molar-refractivity contribution >= 4 is 23.2 Å². The predicted octanol–water partition coefficient (Wildman–Crippen LogP) is 3.68. The van der Waals surface area contributed by atoms with Crippen LogP contribution in [0.4, 0.5) is 0 Å². The highest BCUT2D eigenvalue weighted by Crippen LogP contribution is 2.31. The minimum Gasteiger partial charge on any atom is -0.382 e. The van der Waals surface area contributed by atoms with Gasteiger partial charge in [-0.05, 0) is 31.6 Å². The van der Waals surface area contributed by atoms with Crippen molar-refractivity contribution in [2.24, 2.45) is 5.41 Å². The van der Waals surface area contributed by atoms with E-state index in [-0.39, 0.29) is 5.41 Å². The van der Waals surface area contributed by atoms with Crippen molar-refractivity contribution in [3.8, 4) is 0 Å². The maximum absolute atomic E-state index is 5.91. The highest BCUT2D eigenvalue weighted by atomic mass is 35.5. The number of alkyl halides is 2. The van der Waals surface area contributed by atoms with Gasteiger partial charge >= 0.3 is 0 Å². The molecule has 0 amide bonds. The Morgan fingerprint density at radius 3 is 2.15 bits per heavy atom. The van der Waals surface area contributed by atoms with Crippen molar-refractivity contribution < 1.29 is 4.74 Å². The van der Waals surface area contributed by atoms with Crippen molar-refractivity contribution in [2.45, 2.75) is 33.1 Å². The lowest BCUT2D eigenvalue weighted by atomic mass is 9.85. The van der Waals surface area contributed by atoms with Crippen molar-refractivity contribution in [2.75, 3.05) is 25.0 Å². The average molecular weight is 227 g/mol. The highest BCUT2D eigenvalue weighted by Gasteiger charge is 2.25. The maximum Gasteiger partial charge on any atom is 0.0466 e. The fourth-order valence-corrected chi connectivity index (χ4v) is 2.16. The summed E-state index contributed by atoms with van der Waals surface area (Å²) in [5, 5.41) is 0. The lowest BCUT2D eigenvalue weighted by Crippen LogP contribution is -2.24. The van der Waals surface area contributed by atoms with Crippen LogP contribution in [0.5, 0.6) is 0 Å². The number of ether oxygens (including phenoxy) is 1. The van der Waals surface area contributed by atoms with Gasteiger partial charge in [0.2, 0.25) is 0 Å². The Kier molecular flexibility index (Phi) is 8.23. The third-order valence-corrected chi connectivity index (χ3v) is 3.65. The molecule has 0 aromatic rings. The van der Waals surface area contributed by atoms with Crippen LogP contribution in [0.25, 0.3) is 0 Å². The molecule has 0 bridgehead atoms. The summed E-state index contributed by atoms with van der Waals surface area (Å²) >= 11 is 11.8. The standard InChI is InChI=1S/C10H20Cl2O/c1-3-10(8-11,9-12)6-5-7-13-4-2/h3-9H2,1-2H3. The summed E-state index contributed by atoms with van der Waals surface area (Å²) in [7, 11) is 0. The maximum atomic E-state index is 5.91. The molecule has 0 rings (SSSR count). The van der Waals surface area contributed by atoms with Crippen LogP contribution < -0.4 is 0 Å². The van der Waals surface area contributed by atoms with Gasteiger partial charge in [-0.2, -0.15) is 0 Å². The van der Waals surface area contributed by atoms with Gasteiger partial charge in [0.15, 0.2) is 0 Å². The molecule has 0 N–H and O–H groups in total. The quantitative estimate of drug-likeness (QED) is 0.454. The molecule has 0 aliphatic heterocycles. The van der Waals surface area contributed by atoms with Gasteiger partial charge in [0.1, 0.15) is 0 Å². The van der Waals surface area contributed by atoms with Crippen LogP contribution in [0.3, 0.4) is 0 Å². The Morgan fingerprint density at radius 1 is 1.15 bits per heavy atom. The zero-order valence-corrected chi connectivity index (χ0v) is 10.1. The van der Waals surface area contributed by atoms with Crippen molar-refractivity contribution in [1.82, 2.24) is 0 Å². The molecule has 0 saturated heterocycles. The highest BCUT2D eigenvalue weighted by molar-refractivity contribution is 6.21. The third kappa shape index (κ3) is 5.09. The van der Waals surface area contributed by atoms with E-state index in [2.05, 4.69) is 6.92 Å². The van der Waals surface area contributed by atoms with Crippen LogP contribution in [0.1, 0.15) is 33.1 Å². The van der Waals surface area contributed by atoms with E-state index in [1.54, 1.807) is 0 Å². The van der Waals surface area contributed by atoms with Gasteiger partial charge in [-0.15, -0.1) is 23.2 Å². The van der Waals surface area contributed by atoms with Gasteiger partial charge in [0.05, 0.1) is 0 Å². The summed E-state index contributed by atoms with van der Waals surface area (Å²) < 4.78 is 5.28. The largest absolute Gasteiger partial charge is 0.382 e. The molecule has 0 aromatic carbocycles. The van der Waals surface area contributed by atoms with Gasteiger partial charge in [-0.1, -0.05) is 6.92 Å². The Bertz CT molecular complexity index is 105. The predicted molar refractivity (Wildman–Crippen MR) is 59.9 cm³/mol. The van der Waals surface area contributed by atoms with Crippen LogP contribution in [0.15, 0.2) is 0 Å². The summed E-state index contributed by atoms with van der Waals surface area (Å²) in [5.74, 6) is 1.30. The van der Waals surface area contributed by atoms with E-state index in [4.69, 9.17) is 27.9 Å². The van der Waals surface area contributed by atoms with Crippen LogP contribution in [-0.4, -0.2) is 25.0 Å². The van der Waals surface area contributed by atoms with E-state index in [9.17, 15) is 0 Å². The molecule has 80 valence electrons. The summed E-state index contributed by atoms with van der Waals surface area (Å²) in [4.78, 5) is 0. The molecule has 0 radical (unpaired) electrons. The first-order chi connectivity index (χ1) is 6.24. The Hall–Kier alpha value is 0.540. The van der Waals surface area contributed by atoms with Gasteiger partial charge in [0.25, 0.3) is 0 Å². The Morgan fingerprint density at radius 2 is 1.77 bits per heavy atom. The first-order valence-corrected chi connectivity index (χ1v) is 6.01. The first-order valence-electron chi connectivity index (χ1n) is 4.94. The van der Waals surface area contributed by atoms with E-state index in [0.717, 1.165) is 32.5 Å². The summed E-state index contributed by atoms with van der Waals surface area (Å²) in [6, 6.07) is 0. The van der Waals surface area contributed by atoms with E-state index in [1.807, 2.05) is 6.92 Å². The Balaban J connectivity index is 3.68. The van der Waals surface area contributed by atoms with E-state index in [1.165, 1.54) is 0 Å². The summed E-state index contributed by atoms with van der Waals surface area (Å²) in [6.45, 7) is 5.77. The molecule has 13 heavy (non-hydrogen) atoms. The SMILES string of the molecule is CCOCCCC(CC)(CCl)CCl. The minimum atomic E-state index is 0.125. The van der Waals surface area contributed by atoms with Crippen LogP contribution >= 0.6 is 23.2 Å².